The molecule has 7 heteroatoms. The van der Waals surface area contributed by atoms with Crippen LogP contribution in [0.3, 0.4) is 0 Å². The van der Waals surface area contributed by atoms with E-state index in [1.165, 1.54) is 4.90 Å². The fourth-order valence-corrected chi connectivity index (χ4v) is 4.18. The van der Waals surface area contributed by atoms with E-state index in [2.05, 4.69) is 5.32 Å². The average molecular weight is 398 g/mol. The molecule has 1 saturated heterocycles. The van der Waals surface area contributed by atoms with Gasteiger partial charge >= 0.3 is 0 Å². The quantitative estimate of drug-likeness (QED) is 0.860. The molecular weight excluding hydrogens is 378 g/mol. The lowest BCUT2D eigenvalue weighted by Gasteiger charge is -2.48. The zero-order valence-electron chi connectivity index (χ0n) is 15.7. The van der Waals surface area contributed by atoms with Crippen LogP contribution >= 0.6 is 11.6 Å². The van der Waals surface area contributed by atoms with Crippen LogP contribution in [0.5, 0.6) is 0 Å². The number of amides is 3. The highest BCUT2D eigenvalue weighted by Crippen LogP contribution is 2.43. The van der Waals surface area contributed by atoms with Crippen molar-refractivity contribution in [2.24, 2.45) is 0 Å². The number of hydrogen-bond donors (Lipinski definition) is 1. The summed E-state index contributed by atoms with van der Waals surface area (Å²) in [5.41, 5.74) is 1.66. The Labute approximate surface area is 168 Å². The maximum atomic E-state index is 13.2. The lowest BCUT2D eigenvalue weighted by atomic mass is 9.98. The number of aryl methyl sites for hydroxylation is 1. The molecule has 2 aromatic carbocycles. The molecule has 1 N–H and O–H groups in total. The van der Waals surface area contributed by atoms with Gasteiger partial charge in [-0.3, -0.25) is 19.3 Å². The van der Waals surface area contributed by atoms with Gasteiger partial charge in [0.25, 0.3) is 5.91 Å². The van der Waals surface area contributed by atoms with Gasteiger partial charge in [-0.05, 0) is 50.1 Å². The van der Waals surface area contributed by atoms with Crippen LogP contribution in [0, 0.1) is 6.92 Å². The monoisotopic (exact) mass is 397 g/mol. The lowest BCUT2D eigenvalue weighted by molar-refractivity contribution is -0.120. The number of hydrogen-bond acceptors (Lipinski definition) is 3. The topological polar surface area (TPSA) is 69.7 Å². The molecule has 0 spiro atoms. The van der Waals surface area contributed by atoms with Crippen LogP contribution in [0.4, 0.5) is 11.4 Å². The zero-order valence-corrected chi connectivity index (χ0v) is 16.4. The highest BCUT2D eigenvalue weighted by atomic mass is 35.5. The molecule has 2 heterocycles. The summed E-state index contributed by atoms with van der Waals surface area (Å²) in [5, 5.41) is 3.35. The summed E-state index contributed by atoms with van der Waals surface area (Å²) in [6.45, 7) is 3.55. The fraction of sp³-hybridized carbons (Fsp3) is 0.286. The molecule has 1 unspecified atom stereocenters. The van der Waals surface area contributed by atoms with E-state index in [9.17, 15) is 14.4 Å². The Kier molecular flexibility index (Phi) is 4.38. The molecule has 2 aliphatic heterocycles. The van der Waals surface area contributed by atoms with E-state index in [4.69, 9.17) is 11.6 Å². The summed E-state index contributed by atoms with van der Waals surface area (Å²) < 4.78 is 0. The molecule has 0 aliphatic carbocycles. The molecule has 1 fully saturated rings. The SMILES string of the molecule is Cc1ccc(Cl)cc1NC(=O)CN1C(=O)c2ccccc2N2C(=O)CCC12C. The average Bonchev–Trinajstić information content (AvgIpc) is 2.97. The summed E-state index contributed by atoms with van der Waals surface area (Å²) in [4.78, 5) is 41.6. The molecule has 0 radical (unpaired) electrons. The number of halogens is 1. The van der Waals surface area contributed by atoms with Crippen molar-refractivity contribution in [2.45, 2.75) is 32.4 Å². The molecule has 2 aromatic rings. The smallest absolute Gasteiger partial charge is 0.258 e. The zero-order chi connectivity index (χ0) is 20.1. The Bertz CT molecular complexity index is 1010. The number of nitrogens with one attached hydrogen (secondary N) is 1. The highest BCUT2D eigenvalue weighted by Gasteiger charge is 2.53. The fourth-order valence-electron chi connectivity index (χ4n) is 4.00. The molecule has 0 aromatic heterocycles. The van der Waals surface area contributed by atoms with Crippen molar-refractivity contribution in [3.8, 4) is 0 Å². The second-order valence-electron chi connectivity index (χ2n) is 7.36. The maximum absolute atomic E-state index is 13.2. The van der Waals surface area contributed by atoms with Crippen LogP contribution in [0.1, 0.15) is 35.7 Å². The minimum atomic E-state index is -0.858. The number of rotatable bonds is 3. The first kappa shape index (κ1) is 18.5. The van der Waals surface area contributed by atoms with E-state index in [0.717, 1.165) is 5.56 Å². The number of para-hydroxylation sites is 1. The standard InChI is InChI=1S/C21H20ClN3O3/c1-13-7-8-14(22)11-16(13)23-18(26)12-24-20(28)15-5-3-4-6-17(15)25-19(27)9-10-21(24,25)2/h3-8,11H,9-10,12H2,1-2H3,(H,23,26). The van der Waals surface area contributed by atoms with Crippen molar-refractivity contribution in [3.63, 3.8) is 0 Å². The van der Waals surface area contributed by atoms with E-state index in [-0.39, 0.29) is 24.3 Å². The summed E-state index contributed by atoms with van der Waals surface area (Å²) >= 11 is 6.02. The van der Waals surface area contributed by atoms with Crippen LogP contribution in [0.2, 0.25) is 5.02 Å². The van der Waals surface area contributed by atoms with E-state index < -0.39 is 5.66 Å². The highest BCUT2D eigenvalue weighted by molar-refractivity contribution is 6.31. The molecule has 0 bridgehead atoms. The molecule has 4 rings (SSSR count). The Hall–Kier alpha value is -2.86. The number of nitrogens with zero attached hydrogens (tertiary/aromatic N) is 2. The minimum Gasteiger partial charge on any atom is -0.324 e. The molecule has 2 aliphatic rings. The Morgan fingerprint density at radius 1 is 1.21 bits per heavy atom. The first-order valence-corrected chi connectivity index (χ1v) is 9.49. The predicted molar refractivity (Wildman–Crippen MR) is 107 cm³/mol. The summed E-state index contributed by atoms with van der Waals surface area (Å²) in [6, 6.07) is 12.3. The largest absolute Gasteiger partial charge is 0.324 e. The first-order chi connectivity index (χ1) is 13.3. The third-order valence-electron chi connectivity index (χ3n) is 5.52. The van der Waals surface area contributed by atoms with Gasteiger partial charge in [-0.1, -0.05) is 29.8 Å². The van der Waals surface area contributed by atoms with Crippen molar-refractivity contribution in [1.29, 1.82) is 0 Å². The summed E-state index contributed by atoms with van der Waals surface area (Å²) in [7, 11) is 0. The number of anilines is 2. The third-order valence-corrected chi connectivity index (χ3v) is 5.76. The normalized spacial score (nSPS) is 20.8. The molecule has 1 atom stereocenters. The van der Waals surface area contributed by atoms with Gasteiger partial charge in [0, 0.05) is 17.1 Å². The first-order valence-electron chi connectivity index (χ1n) is 9.11. The van der Waals surface area contributed by atoms with E-state index >= 15 is 0 Å². The molecule has 0 saturated carbocycles. The van der Waals surface area contributed by atoms with Gasteiger partial charge in [0.05, 0.1) is 11.3 Å². The van der Waals surface area contributed by atoms with Crippen LogP contribution in [0.25, 0.3) is 0 Å². The van der Waals surface area contributed by atoms with Crippen molar-refractivity contribution < 1.29 is 14.4 Å². The van der Waals surface area contributed by atoms with E-state index in [0.29, 0.717) is 34.8 Å². The molecule has 3 amide bonds. The van der Waals surface area contributed by atoms with Crippen LogP contribution < -0.4 is 10.2 Å². The van der Waals surface area contributed by atoms with Crippen molar-refractivity contribution in [1.82, 2.24) is 4.90 Å². The molecule has 6 nitrogen and oxygen atoms in total. The van der Waals surface area contributed by atoms with Crippen LogP contribution in [-0.2, 0) is 9.59 Å². The minimum absolute atomic E-state index is 0.0430. The van der Waals surface area contributed by atoms with E-state index in [1.54, 1.807) is 35.2 Å². The molecule has 144 valence electrons. The van der Waals surface area contributed by atoms with Crippen molar-refractivity contribution in [3.05, 3.63) is 58.6 Å². The van der Waals surface area contributed by atoms with Gasteiger partial charge in [-0.25, -0.2) is 0 Å². The number of carbonyl (C=O) groups excluding carboxylic acids is 3. The third kappa shape index (κ3) is 2.85. The lowest BCUT2D eigenvalue weighted by Crippen LogP contribution is -2.63. The van der Waals surface area contributed by atoms with Gasteiger partial charge in [-0.15, -0.1) is 0 Å². The second-order valence-corrected chi connectivity index (χ2v) is 7.80. The number of fused-ring (bicyclic) bond motifs is 3. The van der Waals surface area contributed by atoms with Gasteiger partial charge in [0.15, 0.2) is 0 Å². The maximum Gasteiger partial charge on any atom is 0.258 e. The predicted octanol–water partition coefficient (Wildman–Crippen LogP) is 3.59. The Morgan fingerprint density at radius 3 is 2.75 bits per heavy atom. The molecular formula is C21H20ClN3O3. The Balaban J connectivity index is 1.65. The van der Waals surface area contributed by atoms with Crippen LogP contribution in [-0.4, -0.2) is 34.8 Å². The van der Waals surface area contributed by atoms with Crippen molar-refractivity contribution >= 4 is 40.7 Å². The second kappa shape index (κ2) is 6.63. The van der Waals surface area contributed by atoms with Gasteiger partial charge in [0.2, 0.25) is 11.8 Å². The Morgan fingerprint density at radius 2 is 1.96 bits per heavy atom. The van der Waals surface area contributed by atoms with E-state index in [1.807, 2.05) is 26.0 Å². The van der Waals surface area contributed by atoms with Crippen LogP contribution in [0.15, 0.2) is 42.5 Å². The summed E-state index contributed by atoms with van der Waals surface area (Å²) in [6.07, 6.45) is 0.818. The summed E-state index contributed by atoms with van der Waals surface area (Å²) in [5.74, 6) is -0.626. The number of carbonyl (C=O) groups is 3. The number of benzene rings is 2. The van der Waals surface area contributed by atoms with Gasteiger partial charge < -0.3 is 10.2 Å². The van der Waals surface area contributed by atoms with Gasteiger partial charge in [0.1, 0.15) is 12.2 Å². The van der Waals surface area contributed by atoms with Crippen molar-refractivity contribution in [2.75, 3.05) is 16.8 Å². The molecule has 28 heavy (non-hydrogen) atoms. The van der Waals surface area contributed by atoms with Gasteiger partial charge in [-0.2, -0.15) is 0 Å².